The van der Waals surface area contributed by atoms with E-state index in [0.717, 1.165) is 12.2 Å². The Kier molecular flexibility index (Phi) is 8.79. The zero-order chi connectivity index (χ0) is 16.5. The van der Waals surface area contributed by atoms with Gasteiger partial charge in [-0.2, -0.15) is 11.8 Å². The van der Waals surface area contributed by atoms with Gasteiger partial charge in [0.2, 0.25) is 0 Å². The van der Waals surface area contributed by atoms with Crippen molar-refractivity contribution in [1.82, 2.24) is 0 Å². The summed E-state index contributed by atoms with van der Waals surface area (Å²) < 4.78 is 5.63. The summed E-state index contributed by atoms with van der Waals surface area (Å²) in [5.41, 5.74) is 0.454. The molecular weight excluding hydrogens is 298 g/mol. The van der Waals surface area contributed by atoms with Gasteiger partial charge in [-0.25, -0.2) is 0 Å². The Labute approximate surface area is 138 Å². The maximum atomic E-state index is 12.5. The molecule has 0 aromatic rings. The van der Waals surface area contributed by atoms with E-state index in [1.54, 1.807) is 0 Å². The second kappa shape index (κ2) is 10.1. The maximum absolute atomic E-state index is 12.5. The van der Waals surface area contributed by atoms with Gasteiger partial charge in [0.1, 0.15) is 5.76 Å². The van der Waals surface area contributed by atoms with Gasteiger partial charge >= 0.3 is 0 Å². The molecule has 0 amide bonds. The number of Topliss-reactive ketones (excluding diaryl/α,β-unsaturated/α-hetero) is 1. The highest BCUT2D eigenvalue weighted by molar-refractivity contribution is 7.99. The van der Waals surface area contributed by atoms with E-state index >= 15 is 0 Å². The smallest absolute Gasteiger partial charge is 0.165 e. The molecule has 126 valence electrons. The predicted octanol–water partition coefficient (Wildman–Crippen LogP) is 4.14. The average molecular weight is 327 g/mol. The van der Waals surface area contributed by atoms with Crippen molar-refractivity contribution in [3.8, 4) is 0 Å². The fourth-order valence-electron chi connectivity index (χ4n) is 3.09. The van der Waals surface area contributed by atoms with Gasteiger partial charge in [0.15, 0.2) is 5.78 Å². The molecule has 0 aromatic carbocycles. The molecule has 0 saturated heterocycles. The number of aliphatic hydroxyl groups is 1. The monoisotopic (exact) mass is 327 g/mol. The summed E-state index contributed by atoms with van der Waals surface area (Å²) in [4.78, 5) is 12.5. The maximum Gasteiger partial charge on any atom is 0.165 e. The lowest BCUT2D eigenvalue weighted by Gasteiger charge is -2.29. The SMILES string of the molecule is CCOC(CCC=N)C1=C(O)C[C@H](CC(C)SCC)CC1=O. The lowest BCUT2D eigenvalue weighted by atomic mass is 9.82. The number of carbonyl (C=O) groups is 1. The second-order valence-corrected chi connectivity index (χ2v) is 7.50. The van der Waals surface area contributed by atoms with E-state index < -0.39 is 0 Å². The highest BCUT2D eigenvalue weighted by Crippen LogP contribution is 2.34. The van der Waals surface area contributed by atoms with Gasteiger partial charge in [-0.1, -0.05) is 13.8 Å². The van der Waals surface area contributed by atoms with Crippen LogP contribution in [-0.4, -0.2) is 40.8 Å². The number of allylic oxidation sites excluding steroid dienone is 1. The van der Waals surface area contributed by atoms with Crippen molar-refractivity contribution in [2.75, 3.05) is 12.4 Å². The summed E-state index contributed by atoms with van der Waals surface area (Å²) in [7, 11) is 0. The number of aliphatic hydroxyl groups excluding tert-OH is 1. The molecule has 2 N–H and O–H groups in total. The molecule has 1 aliphatic carbocycles. The summed E-state index contributed by atoms with van der Waals surface area (Å²) in [5, 5.41) is 18.0. The normalized spacial score (nSPS) is 21.8. The van der Waals surface area contributed by atoms with E-state index in [2.05, 4.69) is 13.8 Å². The van der Waals surface area contributed by atoms with Crippen LogP contribution in [0.1, 0.15) is 52.9 Å². The molecule has 1 aliphatic rings. The summed E-state index contributed by atoms with van der Waals surface area (Å²) in [6.07, 6.45) is 4.12. The molecule has 0 fully saturated rings. The van der Waals surface area contributed by atoms with Crippen LogP contribution in [0.15, 0.2) is 11.3 Å². The minimum Gasteiger partial charge on any atom is -0.512 e. The molecule has 4 nitrogen and oxygen atoms in total. The Balaban J connectivity index is 2.78. The second-order valence-electron chi connectivity index (χ2n) is 5.78. The first-order valence-corrected chi connectivity index (χ1v) is 9.25. The first-order chi connectivity index (χ1) is 10.5. The quantitative estimate of drug-likeness (QED) is 0.592. The fourth-order valence-corrected chi connectivity index (χ4v) is 4.07. The van der Waals surface area contributed by atoms with Crippen molar-refractivity contribution in [3.05, 3.63) is 11.3 Å². The van der Waals surface area contributed by atoms with Crippen molar-refractivity contribution < 1.29 is 14.6 Å². The van der Waals surface area contributed by atoms with Crippen LogP contribution in [0.4, 0.5) is 0 Å². The Hall–Kier alpha value is -0.810. The van der Waals surface area contributed by atoms with E-state index in [1.165, 1.54) is 6.21 Å². The molecule has 0 spiro atoms. The van der Waals surface area contributed by atoms with Crippen LogP contribution in [-0.2, 0) is 9.53 Å². The molecule has 0 saturated carbocycles. The minimum absolute atomic E-state index is 0.0193. The minimum atomic E-state index is -0.373. The molecule has 22 heavy (non-hydrogen) atoms. The molecule has 0 aliphatic heterocycles. The number of carbonyl (C=O) groups excluding carboxylic acids is 1. The molecule has 0 bridgehead atoms. The highest BCUT2D eigenvalue weighted by Gasteiger charge is 2.33. The van der Waals surface area contributed by atoms with Gasteiger partial charge in [-0.3, -0.25) is 4.79 Å². The van der Waals surface area contributed by atoms with Crippen LogP contribution < -0.4 is 0 Å². The number of ether oxygens (including phenoxy) is 1. The number of thioether (sulfide) groups is 1. The zero-order valence-electron chi connectivity index (χ0n) is 13.9. The van der Waals surface area contributed by atoms with Gasteiger partial charge < -0.3 is 15.3 Å². The number of rotatable bonds is 10. The number of nitrogens with one attached hydrogen (secondary N) is 1. The van der Waals surface area contributed by atoms with Crippen molar-refractivity contribution in [1.29, 1.82) is 5.41 Å². The summed E-state index contributed by atoms with van der Waals surface area (Å²) in [5.74, 6) is 1.53. The summed E-state index contributed by atoms with van der Waals surface area (Å²) in [6, 6.07) is 0. The van der Waals surface area contributed by atoms with Crippen LogP contribution in [0.5, 0.6) is 0 Å². The standard InChI is InChI=1S/C17H29NO3S/c1-4-21-16(7-6-8-18)17-14(19)10-13(11-15(17)20)9-12(3)22-5-2/h8,12-13,16,18-19H,4-7,9-11H2,1-3H3/t12?,13-,16?/m0/s1. The van der Waals surface area contributed by atoms with Crippen LogP contribution in [0.3, 0.4) is 0 Å². The molecule has 3 atom stereocenters. The zero-order valence-corrected chi connectivity index (χ0v) is 14.7. The van der Waals surface area contributed by atoms with Gasteiger partial charge in [0.05, 0.1) is 11.7 Å². The van der Waals surface area contributed by atoms with Gasteiger partial charge in [0, 0.05) is 24.7 Å². The molecule has 2 unspecified atom stereocenters. The van der Waals surface area contributed by atoms with Crippen LogP contribution in [0.2, 0.25) is 0 Å². The third kappa shape index (κ3) is 5.76. The Morgan fingerprint density at radius 3 is 2.73 bits per heavy atom. The Morgan fingerprint density at radius 1 is 1.45 bits per heavy atom. The largest absolute Gasteiger partial charge is 0.512 e. The predicted molar refractivity (Wildman–Crippen MR) is 93.0 cm³/mol. The molecule has 1 rings (SSSR count). The van der Waals surface area contributed by atoms with Crippen molar-refractivity contribution in [2.24, 2.45) is 5.92 Å². The van der Waals surface area contributed by atoms with Crippen LogP contribution in [0, 0.1) is 11.3 Å². The van der Waals surface area contributed by atoms with E-state index in [4.69, 9.17) is 10.1 Å². The molecular formula is C17H29NO3S. The van der Waals surface area contributed by atoms with E-state index in [9.17, 15) is 9.90 Å². The molecule has 5 heteroatoms. The summed E-state index contributed by atoms with van der Waals surface area (Å²) >= 11 is 1.90. The third-order valence-electron chi connectivity index (χ3n) is 3.95. The van der Waals surface area contributed by atoms with Crippen molar-refractivity contribution in [3.63, 3.8) is 0 Å². The van der Waals surface area contributed by atoms with E-state index in [-0.39, 0.29) is 23.6 Å². The number of hydrogen-bond donors (Lipinski definition) is 2. The fraction of sp³-hybridized carbons (Fsp3) is 0.765. The number of ketones is 1. The topological polar surface area (TPSA) is 70.4 Å². The summed E-state index contributed by atoms with van der Waals surface area (Å²) in [6.45, 7) is 6.70. The first kappa shape index (κ1) is 19.2. The Bertz CT molecular complexity index is 409. The van der Waals surface area contributed by atoms with Gasteiger partial charge in [-0.15, -0.1) is 0 Å². The van der Waals surface area contributed by atoms with Gasteiger partial charge in [-0.05, 0) is 44.1 Å². The number of hydrogen-bond acceptors (Lipinski definition) is 5. The lowest BCUT2D eigenvalue weighted by molar-refractivity contribution is -0.119. The Morgan fingerprint density at radius 2 is 2.18 bits per heavy atom. The van der Waals surface area contributed by atoms with E-state index in [1.807, 2.05) is 18.7 Å². The van der Waals surface area contributed by atoms with E-state index in [0.29, 0.717) is 43.1 Å². The van der Waals surface area contributed by atoms with Crippen LogP contribution >= 0.6 is 11.8 Å². The lowest BCUT2D eigenvalue weighted by Crippen LogP contribution is -2.30. The van der Waals surface area contributed by atoms with Crippen molar-refractivity contribution in [2.45, 2.75) is 64.2 Å². The van der Waals surface area contributed by atoms with Gasteiger partial charge in [0.25, 0.3) is 0 Å². The first-order valence-electron chi connectivity index (χ1n) is 8.20. The third-order valence-corrected chi connectivity index (χ3v) is 5.04. The molecule has 0 heterocycles. The van der Waals surface area contributed by atoms with Crippen molar-refractivity contribution >= 4 is 23.8 Å². The average Bonchev–Trinajstić information content (AvgIpc) is 2.44. The highest BCUT2D eigenvalue weighted by atomic mass is 32.2. The molecule has 0 radical (unpaired) electrons. The molecule has 0 aromatic heterocycles. The van der Waals surface area contributed by atoms with Crippen LogP contribution in [0.25, 0.3) is 0 Å².